The molecule has 1 N–H and O–H groups in total. The minimum absolute atomic E-state index is 0.203. The van der Waals surface area contributed by atoms with Gasteiger partial charge in [0.05, 0.1) is 11.6 Å². The predicted molar refractivity (Wildman–Crippen MR) is 83.1 cm³/mol. The number of hydrogen-bond acceptors (Lipinski definition) is 5. The number of nitrogens with zero attached hydrogens (tertiary/aromatic N) is 2. The van der Waals surface area contributed by atoms with Crippen LogP contribution in [-0.2, 0) is 9.47 Å². The second-order valence-corrected chi connectivity index (χ2v) is 4.82. The normalized spacial score (nSPS) is 10.5. The summed E-state index contributed by atoms with van der Waals surface area (Å²) in [6.07, 6.45) is 0.745. The zero-order valence-electron chi connectivity index (χ0n) is 12.7. The van der Waals surface area contributed by atoms with E-state index in [9.17, 15) is 4.79 Å². The van der Waals surface area contributed by atoms with Crippen LogP contribution in [0.1, 0.15) is 16.9 Å². The predicted octanol–water partition coefficient (Wildman–Crippen LogP) is 1.90. The molecule has 0 atom stereocenters. The molecule has 118 valence electrons. The molecule has 1 heterocycles. The van der Waals surface area contributed by atoms with Crippen LogP contribution in [0.3, 0.4) is 0 Å². The summed E-state index contributed by atoms with van der Waals surface area (Å²) in [5.41, 5.74) is 0.247. The number of amides is 1. The van der Waals surface area contributed by atoms with E-state index >= 15 is 0 Å². The van der Waals surface area contributed by atoms with Gasteiger partial charge in [-0.05, 0) is 18.6 Å². The highest BCUT2D eigenvalue weighted by Crippen LogP contribution is 2.18. The minimum atomic E-state index is -0.203. The van der Waals surface area contributed by atoms with Crippen LogP contribution < -0.4 is 5.32 Å². The maximum Gasteiger partial charge on any atom is 0.274 e. The first-order valence-electron chi connectivity index (χ1n) is 6.75. The maximum atomic E-state index is 12.6. The topological polar surface area (TPSA) is 63.7 Å². The summed E-state index contributed by atoms with van der Waals surface area (Å²) in [5, 5.41) is 3.24. The number of pyridine rings is 1. The number of carbonyl (C=O) groups excluding carboxylic acids is 1. The monoisotopic (exact) mass is 315 g/mol. The number of aromatic nitrogens is 1. The molecule has 0 radical (unpaired) electrons. The second kappa shape index (κ2) is 9.55. The van der Waals surface area contributed by atoms with E-state index in [1.807, 2.05) is 0 Å². The van der Waals surface area contributed by atoms with Crippen LogP contribution in [0.5, 0.6) is 0 Å². The Labute approximate surface area is 130 Å². The SMILES string of the molecule is CNc1ccc(Cl)c(C(=O)N(CCCOC)CCOC)n1. The van der Waals surface area contributed by atoms with E-state index in [2.05, 4.69) is 10.3 Å². The number of nitrogens with one attached hydrogen (secondary N) is 1. The van der Waals surface area contributed by atoms with Crippen molar-refractivity contribution in [2.24, 2.45) is 0 Å². The fraction of sp³-hybridized carbons (Fsp3) is 0.571. The molecule has 6 nitrogen and oxygen atoms in total. The first kappa shape index (κ1) is 17.7. The lowest BCUT2D eigenvalue weighted by atomic mass is 10.2. The van der Waals surface area contributed by atoms with Crippen molar-refractivity contribution in [2.45, 2.75) is 6.42 Å². The molecule has 0 fully saturated rings. The summed E-state index contributed by atoms with van der Waals surface area (Å²) >= 11 is 6.09. The molecule has 1 amide bonds. The van der Waals surface area contributed by atoms with Gasteiger partial charge in [0.25, 0.3) is 5.91 Å². The summed E-state index contributed by atoms with van der Waals surface area (Å²) < 4.78 is 10.1. The van der Waals surface area contributed by atoms with Crippen molar-refractivity contribution < 1.29 is 14.3 Å². The molecule has 1 rings (SSSR count). The van der Waals surface area contributed by atoms with Crippen molar-refractivity contribution >= 4 is 23.3 Å². The highest BCUT2D eigenvalue weighted by Gasteiger charge is 2.20. The van der Waals surface area contributed by atoms with E-state index in [1.165, 1.54) is 0 Å². The zero-order valence-corrected chi connectivity index (χ0v) is 13.4. The van der Waals surface area contributed by atoms with Crippen LogP contribution in [0.2, 0.25) is 5.02 Å². The van der Waals surface area contributed by atoms with Crippen molar-refractivity contribution in [2.75, 3.05) is 52.9 Å². The van der Waals surface area contributed by atoms with Crippen molar-refractivity contribution in [3.05, 3.63) is 22.8 Å². The molecule has 0 unspecified atom stereocenters. The number of halogens is 1. The van der Waals surface area contributed by atoms with Crippen molar-refractivity contribution in [3.8, 4) is 0 Å². The Morgan fingerprint density at radius 1 is 1.29 bits per heavy atom. The molecule has 0 saturated heterocycles. The van der Waals surface area contributed by atoms with Gasteiger partial charge in [0.2, 0.25) is 0 Å². The summed E-state index contributed by atoms with van der Waals surface area (Å²) in [5.74, 6) is 0.400. The number of carbonyl (C=O) groups is 1. The Morgan fingerprint density at radius 2 is 2.00 bits per heavy atom. The molecule has 0 aliphatic rings. The molecular weight excluding hydrogens is 294 g/mol. The molecule has 0 bridgehead atoms. The Hall–Kier alpha value is -1.37. The van der Waals surface area contributed by atoms with Gasteiger partial charge in [-0.25, -0.2) is 4.98 Å². The zero-order chi connectivity index (χ0) is 15.7. The van der Waals surface area contributed by atoms with Gasteiger partial charge in [-0.3, -0.25) is 4.79 Å². The van der Waals surface area contributed by atoms with E-state index in [1.54, 1.807) is 38.3 Å². The number of hydrogen-bond donors (Lipinski definition) is 1. The fourth-order valence-corrected chi connectivity index (χ4v) is 1.98. The minimum Gasteiger partial charge on any atom is -0.385 e. The van der Waals surface area contributed by atoms with Crippen LogP contribution in [0, 0.1) is 0 Å². The Morgan fingerprint density at radius 3 is 2.62 bits per heavy atom. The molecule has 0 aromatic carbocycles. The van der Waals surface area contributed by atoms with E-state index < -0.39 is 0 Å². The third-order valence-corrected chi connectivity index (χ3v) is 3.24. The Balaban J connectivity index is 2.87. The maximum absolute atomic E-state index is 12.6. The highest BCUT2D eigenvalue weighted by atomic mass is 35.5. The summed E-state index contributed by atoms with van der Waals surface area (Å²) in [7, 11) is 4.98. The Bertz CT molecular complexity index is 457. The largest absolute Gasteiger partial charge is 0.385 e. The highest BCUT2D eigenvalue weighted by molar-refractivity contribution is 6.33. The Kier molecular flexibility index (Phi) is 8.04. The van der Waals surface area contributed by atoms with Crippen molar-refractivity contribution in [3.63, 3.8) is 0 Å². The molecule has 0 spiro atoms. The van der Waals surface area contributed by atoms with Gasteiger partial charge in [-0.1, -0.05) is 11.6 Å². The van der Waals surface area contributed by atoms with Gasteiger partial charge in [0.1, 0.15) is 11.5 Å². The molecule has 1 aromatic heterocycles. The third kappa shape index (κ3) is 5.49. The molecule has 21 heavy (non-hydrogen) atoms. The molecule has 7 heteroatoms. The van der Waals surface area contributed by atoms with Crippen LogP contribution >= 0.6 is 11.6 Å². The van der Waals surface area contributed by atoms with Gasteiger partial charge in [-0.2, -0.15) is 0 Å². The van der Waals surface area contributed by atoms with E-state index in [-0.39, 0.29) is 11.6 Å². The van der Waals surface area contributed by atoms with E-state index in [4.69, 9.17) is 21.1 Å². The standard InChI is InChI=1S/C14H22ClN3O3/c1-16-12-6-5-11(15)13(17-12)14(19)18(8-10-21-3)7-4-9-20-2/h5-6H,4,7-10H2,1-3H3,(H,16,17). The molecule has 0 aliphatic heterocycles. The fourth-order valence-electron chi connectivity index (χ4n) is 1.80. The first-order valence-corrected chi connectivity index (χ1v) is 7.13. The molecule has 0 aliphatic carbocycles. The molecule has 1 aromatic rings. The third-order valence-electron chi connectivity index (χ3n) is 2.93. The van der Waals surface area contributed by atoms with E-state index in [0.717, 1.165) is 6.42 Å². The van der Waals surface area contributed by atoms with Gasteiger partial charge in [0, 0.05) is 41.0 Å². The second-order valence-electron chi connectivity index (χ2n) is 4.41. The van der Waals surface area contributed by atoms with Gasteiger partial charge in [-0.15, -0.1) is 0 Å². The van der Waals surface area contributed by atoms with Crippen LogP contribution in [0.4, 0.5) is 5.82 Å². The van der Waals surface area contributed by atoms with Gasteiger partial charge in [0.15, 0.2) is 0 Å². The molecular formula is C14H22ClN3O3. The average molecular weight is 316 g/mol. The lowest BCUT2D eigenvalue weighted by Gasteiger charge is -2.22. The summed E-state index contributed by atoms with van der Waals surface area (Å²) in [6, 6.07) is 3.39. The summed E-state index contributed by atoms with van der Waals surface area (Å²) in [4.78, 5) is 18.5. The van der Waals surface area contributed by atoms with Crippen LogP contribution in [0.15, 0.2) is 12.1 Å². The number of anilines is 1. The summed E-state index contributed by atoms with van der Waals surface area (Å²) in [6.45, 7) is 2.11. The number of ether oxygens (including phenoxy) is 2. The quantitative estimate of drug-likeness (QED) is 0.705. The van der Waals surface area contributed by atoms with Crippen molar-refractivity contribution in [1.82, 2.24) is 9.88 Å². The number of methoxy groups -OCH3 is 2. The van der Waals surface area contributed by atoms with Crippen molar-refractivity contribution in [1.29, 1.82) is 0 Å². The van der Waals surface area contributed by atoms with Gasteiger partial charge >= 0.3 is 0 Å². The molecule has 0 saturated carbocycles. The lowest BCUT2D eigenvalue weighted by molar-refractivity contribution is 0.0669. The van der Waals surface area contributed by atoms with Gasteiger partial charge < -0.3 is 19.7 Å². The lowest BCUT2D eigenvalue weighted by Crippen LogP contribution is -2.36. The van der Waals surface area contributed by atoms with E-state index in [0.29, 0.717) is 37.1 Å². The first-order chi connectivity index (χ1) is 10.1. The van der Waals surface area contributed by atoms with Crippen LogP contribution in [0.25, 0.3) is 0 Å². The van der Waals surface area contributed by atoms with Crippen LogP contribution in [-0.4, -0.2) is 63.4 Å². The smallest absolute Gasteiger partial charge is 0.274 e. The number of rotatable bonds is 9. The average Bonchev–Trinajstić information content (AvgIpc) is 2.50.